The number of carbonyl (C=O) groups excluding carboxylic acids is 1. The minimum atomic E-state index is -5.62. The Kier molecular flexibility index (Phi) is 9.01. The smallest absolute Gasteiger partial charge is 0.440 e. The van der Waals surface area contributed by atoms with Gasteiger partial charge in [0, 0.05) is 18.5 Å². The van der Waals surface area contributed by atoms with E-state index >= 15 is 0 Å². The van der Waals surface area contributed by atoms with Crippen LogP contribution in [0.2, 0.25) is 0 Å². The molecule has 1 aromatic carbocycles. The van der Waals surface area contributed by atoms with E-state index in [1.54, 1.807) is 0 Å². The van der Waals surface area contributed by atoms with Crippen molar-refractivity contribution in [3.05, 3.63) is 33.9 Å². The lowest BCUT2D eigenvalue weighted by Gasteiger charge is -2.30. The summed E-state index contributed by atoms with van der Waals surface area (Å²) in [5, 5.41) is 11.2. The van der Waals surface area contributed by atoms with Crippen molar-refractivity contribution in [2.45, 2.75) is 13.0 Å². The van der Waals surface area contributed by atoms with Crippen LogP contribution in [0.1, 0.15) is 18.6 Å². The van der Waals surface area contributed by atoms with Crippen LogP contribution in [0.25, 0.3) is 0 Å². The zero-order valence-electron chi connectivity index (χ0n) is 16.6. The molecule has 0 saturated heterocycles. The topological polar surface area (TPSA) is 217 Å². The van der Waals surface area contributed by atoms with Crippen molar-refractivity contribution in [1.82, 2.24) is 8.83 Å². The van der Waals surface area contributed by atoms with Crippen molar-refractivity contribution in [1.29, 1.82) is 0 Å². The molecule has 19 heteroatoms. The normalized spacial score (nSPS) is 13.5. The molecule has 0 aliphatic heterocycles. The number of amides is 1. The van der Waals surface area contributed by atoms with Gasteiger partial charge in [0.25, 0.3) is 10.0 Å². The van der Waals surface area contributed by atoms with Gasteiger partial charge in [0.1, 0.15) is 13.9 Å². The molecule has 0 aliphatic rings. The average molecular weight is 538 g/mol. The summed E-state index contributed by atoms with van der Waals surface area (Å²) in [6.45, 7) is 0.565. The fraction of sp³-hybridized carbons (Fsp3) is 0.462. The number of rotatable bonds is 10. The Morgan fingerprint density at radius 2 is 1.78 bits per heavy atom. The van der Waals surface area contributed by atoms with E-state index in [1.165, 1.54) is 0 Å². The van der Waals surface area contributed by atoms with E-state index in [9.17, 15) is 46.1 Å². The molecule has 0 saturated carbocycles. The highest BCUT2D eigenvalue weighted by Crippen LogP contribution is 2.38. The largest absolute Gasteiger partial charge is 0.780 e. The number of nitro benzene ring substituents is 1. The zero-order valence-corrected chi connectivity index (χ0v) is 19.9. The fourth-order valence-electron chi connectivity index (χ4n) is 2.25. The maximum Gasteiger partial charge on any atom is 0.440 e. The summed E-state index contributed by atoms with van der Waals surface area (Å²) < 4.78 is 67.7. The first kappa shape index (κ1) is 28.0. The van der Waals surface area contributed by atoms with Gasteiger partial charge in [-0.2, -0.15) is 0 Å². The van der Waals surface area contributed by atoms with Crippen molar-refractivity contribution in [2.24, 2.45) is 0 Å². The van der Waals surface area contributed by atoms with Gasteiger partial charge in [-0.05, 0) is 18.6 Å². The second kappa shape index (κ2) is 10.3. The number of alkyl halides is 1. The summed E-state index contributed by atoms with van der Waals surface area (Å²) in [6, 6.07) is 2.49. The Balaban J connectivity index is 3.32. The SMILES string of the molecule is CC(OC(=O)N(N(CCCl)S(C)(=O)=O)S(C)(=O)=O)c1ccc(OP(=O)([O-])[O-])c([N+](=O)[O-])c1. The van der Waals surface area contributed by atoms with Crippen molar-refractivity contribution in [3.63, 3.8) is 0 Å². The van der Waals surface area contributed by atoms with Crippen molar-refractivity contribution in [3.8, 4) is 5.75 Å². The van der Waals surface area contributed by atoms with Crippen molar-refractivity contribution < 1.29 is 50.2 Å². The van der Waals surface area contributed by atoms with E-state index in [0.717, 1.165) is 25.1 Å². The standard InChI is InChI=1S/C13H19ClN3O12PS2/c1-9(10-4-5-12(29-30(21,22)23)11(8-10)17(19)20)28-13(18)16(32(3,26)27)15(7-6-14)31(2,24)25/h4-5,8-9H,6-7H2,1-3H3,(H2,21,22,23)/p-2. The Morgan fingerprint density at radius 1 is 1.22 bits per heavy atom. The highest BCUT2D eigenvalue weighted by Gasteiger charge is 2.38. The maximum atomic E-state index is 12.5. The number of sulfonamides is 2. The zero-order chi connectivity index (χ0) is 25.1. The molecule has 1 amide bonds. The van der Waals surface area contributed by atoms with Gasteiger partial charge in [-0.3, -0.25) is 10.1 Å². The molecule has 1 atom stereocenters. The minimum absolute atomic E-state index is 0.138. The predicted molar refractivity (Wildman–Crippen MR) is 105 cm³/mol. The summed E-state index contributed by atoms with van der Waals surface area (Å²) in [5.74, 6) is -1.27. The number of nitro groups is 1. The second-order valence-electron chi connectivity index (χ2n) is 6.05. The van der Waals surface area contributed by atoms with E-state index in [-0.39, 0.29) is 20.3 Å². The van der Waals surface area contributed by atoms with Crippen LogP contribution in [0.5, 0.6) is 5.75 Å². The van der Waals surface area contributed by atoms with Gasteiger partial charge >= 0.3 is 11.8 Å². The van der Waals surface area contributed by atoms with Crippen LogP contribution in [0.3, 0.4) is 0 Å². The van der Waals surface area contributed by atoms with Gasteiger partial charge in [-0.15, -0.1) is 16.0 Å². The molecule has 0 radical (unpaired) electrons. The fourth-order valence-corrected chi connectivity index (χ4v) is 5.12. The molecule has 0 aromatic heterocycles. The van der Waals surface area contributed by atoms with E-state index in [0.29, 0.717) is 12.5 Å². The number of benzene rings is 1. The van der Waals surface area contributed by atoms with Gasteiger partial charge < -0.3 is 23.6 Å². The molecule has 1 rings (SSSR count). The highest BCUT2D eigenvalue weighted by molar-refractivity contribution is 7.91. The lowest BCUT2D eigenvalue weighted by atomic mass is 10.1. The molecular weight excluding hydrogens is 521 g/mol. The van der Waals surface area contributed by atoms with Gasteiger partial charge in [-0.25, -0.2) is 21.6 Å². The summed E-state index contributed by atoms with van der Waals surface area (Å²) in [7, 11) is -14.4. The van der Waals surface area contributed by atoms with Gasteiger partial charge in [0.05, 0.1) is 17.4 Å². The Labute approximate surface area is 187 Å². The second-order valence-corrected chi connectivity index (χ2v) is 11.2. The van der Waals surface area contributed by atoms with E-state index < -0.39 is 63.0 Å². The lowest BCUT2D eigenvalue weighted by Crippen LogP contribution is -2.52. The molecule has 32 heavy (non-hydrogen) atoms. The van der Waals surface area contributed by atoms with Crippen LogP contribution in [-0.4, -0.2) is 61.6 Å². The van der Waals surface area contributed by atoms with Gasteiger partial charge in [0.15, 0.2) is 0 Å². The van der Waals surface area contributed by atoms with Crippen LogP contribution in [0.4, 0.5) is 10.5 Å². The van der Waals surface area contributed by atoms with Crippen LogP contribution in [0, 0.1) is 10.1 Å². The number of nitrogens with zero attached hydrogens (tertiary/aromatic N) is 3. The molecule has 0 heterocycles. The first-order valence-electron chi connectivity index (χ1n) is 8.13. The summed E-state index contributed by atoms with van der Waals surface area (Å²) in [5.41, 5.74) is -1.10. The minimum Gasteiger partial charge on any atom is -0.780 e. The number of hydrogen-bond acceptors (Lipinski definition) is 12. The average Bonchev–Trinajstić information content (AvgIpc) is 2.57. The molecular formula is C13H17ClN3O12PS2-2. The third-order valence-electron chi connectivity index (χ3n) is 3.47. The molecule has 0 bridgehead atoms. The third-order valence-corrected chi connectivity index (χ3v) is 6.25. The van der Waals surface area contributed by atoms with Crippen LogP contribution in [-0.2, 0) is 29.3 Å². The molecule has 15 nitrogen and oxygen atoms in total. The Hall–Kier alpha value is -2.01. The van der Waals surface area contributed by atoms with E-state index in [4.69, 9.17) is 16.3 Å². The van der Waals surface area contributed by atoms with Crippen molar-refractivity contribution >= 4 is 51.3 Å². The third kappa shape index (κ3) is 7.84. The van der Waals surface area contributed by atoms with Crippen molar-refractivity contribution in [2.75, 3.05) is 24.9 Å². The molecule has 182 valence electrons. The number of hydrazine groups is 1. The summed E-state index contributed by atoms with van der Waals surface area (Å²) in [4.78, 5) is 44.1. The molecule has 0 N–H and O–H groups in total. The Morgan fingerprint density at radius 3 is 2.19 bits per heavy atom. The van der Waals surface area contributed by atoms with Crippen LogP contribution < -0.4 is 14.3 Å². The summed E-state index contributed by atoms with van der Waals surface area (Å²) in [6.07, 6.45) is -1.90. The van der Waals surface area contributed by atoms with Gasteiger partial charge in [0.2, 0.25) is 15.8 Å². The number of halogens is 1. The number of phosphoric acid groups is 1. The predicted octanol–water partition coefficient (Wildman–Crippen LogP) is -0.323. The number of carbonyl (C=O) groups is 1. The number of hydrogen-bond donors (Lipinski definition) is 0. The quantitative estimate of drug-likeness (QED) is 0.162. The molecule has 0 spiro atoms. The van der Waals surface area contributed by atoms with Crippen LogP contribution in [0.15, 0.2) is 18.2 Å². The maximum absolute atomic E-state index is 12.5. The van der Waals surface area contributed by atoms with E-state index in [1.807, 2.05) is 0 Å². The summed E-state index contributed by atoms with van der Waals surface area (Å²) >= 11 is 5.49. The number of phosphoric ester groups is 1. The molecule has 1 aromatic rings. The molecule has 1 unspecified atom stereocenters. The Bertz CT molecular complexity index is 1140. The molecule has 0 fully saturated rings. The van der Waals surface area contributed by atoms with Crippen LogP contribution >= 0.6 is 19.4 Å². The molecule has 0 aliphatic carbocycles. The van der Waals surface area contributed by atoms with Gasteiger partial charge in [-0.1, -0.05) is 10.5 Å². The van der Waals surface area contributed by atoms with E-state index in [2.05, 4.69) is 4.52 Å². The highest BCUT2D eigenvalue weighted by atomic mass is 35.5. The number of ether oxygens (including phenoxy) is 1. The lowest BCUT2D eigenvalue weighted by molar-refractivity contribution is -0.386. The monoisotopic (exact) mass is 537 g/mol. The first-order chi connectivity index (χ1) is 14.4. The first-order valence-corrected chi connectivity index (χ1v) is 13.8.